The zero-order valence-corrected chi connectivity index (χ0v) is 37.3. The van der Waals surface area contributed by atoms with Crippen LogP contribution in [0.2, 0.25) is 0 Å². The van der Waals surface area contributed by atoms with Crippen LogP contribution in [0.1, 0.15) is 69.9 Å². The number of halogens is 1. The highest BCUT2D eigenvalue weighted by Gasteiger charge is 2.48. The third-order valence-corrected chi connectivity index (χ3v) is 14.5. The number of carboxylic acids is 1. The van der Waals surface area contributed by atoms with Crippen LogP contribution in [0, 0.1) is 0 Å². The van der Waals surface area contributed by atoms with E-state index in [1.54, 1.807) is 24.7 Å². The number of carboxylic acid groups (broad SMARTS) is 1. The van der Waals surface area contributed by atoms with E-state index in [4.69, 9.17) is 26.2 Å². The van der Waals surface area contributed by atoms with Crippen LogP contribution in [0.25, 0.3) is 0 Å². The van der Waals surface area contributed by atoms with Crippen LogP contribution in [0.3, 0.4) is 0 Å². The molecule has 0 fully saturated rings. The molecule has 1 aliphatic carbocycles. The zero-order valence-electron chi connectivity index (χ0n) is 34.1. The van der Waals surface area contributed by atoms with Gasteiger partial charge >= 0.3 is 5.97 Å². The normalized spacial score (nSPS) is 22.3. The van der Waals surface area contributed by atoms with Crippen molar-refractivity contribution in [3.63, 3.8) is 0 Å². The van der Waals surface area contributed by atoms with Crippen molar-refractivity contribution < 1.29 is 68.0 Å². The second-order valence-electron chi connectivity index (χ2n) is 15.5. The molecule has 2 aliphatic heterocycles. The summed E-state index contributed by atoms with van der Waals surface area (Å²) < 4.78 is 115. The maximum atomic E-state index is 12.3. The second kappa shape index (κ2) is 19.3. The maximum Gasteiger partial charge on any atom is 0.305 e. The standard InChI is InChI=1S/C41H51ClN2O14S3/c1-40(17-5-25-59(48,49)50)32-26-30(60(51,52)53)10-12-34(32)43(19-21-45)36(40)14-8-28-6-4-7-29(39(28)42)9-15-37-41(2,18-23-57-3)33-27-31(61(54,55)56)11-13-35(33)44(37)20-24-58-22-16-38(46)47/h8-15,26-27,45H,4-7,16-25H2,1-3H3,(H3-,46,47,48,49,50,51,52,53,54,55,56)/p+1. The molecule has 2 heterocycles. The highest BCUT2D eigenvalue weighted by atomic mass is 35.5. The molecule has 16 nitrogen and oxygen atoms in total. The number of aliphatic hydroxyl groups is 1. The van der Waals surface area contributed by atoms with E-state index in [9.17, 15) is 48.8 Å². The highest BCUT2D eigenvalue weighted by Crippen LogP contribution is 2.51. The lowest BCUT2D eigenvalue weighted by Crippen LogP contribution is -2.32. The largest absolute Gasteiger partial charge is 0.481 e. The molecule has 0 saturated carbocycles. The first-order valence-corrected chi connectivity index (χ1v) is 24.4. The summed E-state index contributed by atoms with van der Waals surface area (Å²) >= 11 is 7.16. The van der Waals surface area contributed by atoms with Gasteiger partial charge in [-0.05, 0) is 105 Å². The topological polar surface area (TPSA) is 245 Å². The van der Waals surface area contributed by atoms with Crippen LogP contribution in [0.15, 0.2) is 92.4 Å². The van der Waals surface area contributed by atoms with E-state index < -0.39 is 52.9 Å². The second-order valence-corrected chi connectivity index (χ2v) is 20.3. The molecule has 334 valence electrons. The van der Waals surface area contributed by atoms with Gasteiger partial charge < -0.3 is 24.6 Å². The van der Waals surface area contributed by atoms with Crippen molar-refractivity contribution in [2.75, 3.05) is 57.3 Å². The molecule has 2 atom stereocenters. The van der Waals surface area contributed by atoms with Gasteiger partial charge in [0.15, 0.2) is 12.3 Å². The van der Waals surface area contributed by atoms with Crippen molar-refractivity contribution in [1.82, 2.24) is 0 Å². The summed E-state index contributed by atoms with van der Waals surface area (Å²) in [5.74, 6) is -1.54. The molecule has 0 bridgehead atoms. The number of rotatable bonds is 20. The van der Waals surface area contributed by atoms with E-state index in [2.05, 4.69) is 0 Å². The smallest absolute Gasteiger partial charge is 0.305 e. The number of hydrogen-bond acceptors (Lipinski definition) is 11. The van der Waals surface area contributed by atoms with Crippen LogP contribution >= 0.6 is 11.6 Å². The Bertz CT molecular complexity index is 2530. The van der Waals surface area contributed by atoms with Gasteiger partial charge in [0.1, 0.15) is 6.61 Å². The van der Waals surface area contributed by atoms with E-state index in [-0.39, 0.29) is 62.0 Å². The fourth-order valence-corrected chi connectivity index (χ4v) is 10.2. The Labute approximate surface area is 361 Å². The number of allylic oxidation sites excluding steroid dienone is 8. The summed E-state index contributed by atoms with van der Waals surface area (Å²) in [6, 6.07) is 8.49. The molecule has 2 unspecified atom stereocenters. The molecule has 20 heteroatoms. The molecule has 3 aliphatic rings. The fourth-order valence-electron chi connectivity index (χ4n) is 8.39. The number of nitrogens with zero attached hydrogens (tertiary/aromatic N) is 2. The van der Waals surface area contributed by atoms with Gasteiger partial charge in [-0.2, -0.15) is 29.8 Å². The van der Waals surface area contributed by atoms with Gasteiger partial charge in [-0.15, -0.1) is 0 Å². The predicted octanol–water partition coefficient (Wildman–Crippen LogP) is 5.55. The van der Waals surface area contributed by atoms with E-state index in [1.807, 2.05) is 36.1 Å². The molecule has 5 N–H and O–H groups in total. The SMILES string of the molecule is COCCC1(C)C(=CC=C2CCCC(C=CC3=[N+](CCO)c4ccc(S(=O)(=O)O)cc4C3(C)CCCS(=O)(=O)O)=C2Cl)N(CCOCCC(=O)O)c2ccc(S(=O)(=O)O)cc21. The third-order valence-electron chi connectivity index (χ3n) is 11.5. The number of aliphatic hydroxyl groups excluding tert-OH is 1. The molecular formula is C41H52ClN2O14S3+. The summed E-state index contributed by atoms with van der Waals surface area (Å²) in [5.41, 5.74) is 3.43. The first-order valence-electron chi connectivity index (χ1n) is 19.5. The monoisotopic (exact) mass is 927 g/mol. The number of hydrogen-bond donors (Lipinski definition) is 5. The van der Waals surface area contributed by atoms with E-state index in [0.717, 1.165) is 16.8 Å². The lowest BCUT2D eigenvalue weighted by molar-refractivity contribution is -0.441. The summed E-state index contributed by atoms with van der Waals surface area (Å²) in [6.07, 6.45) is 9.78. The summed E-state index contributed by atoms with van der Waals surface area (Å²) in [6.45, 7) is 4.31. The minimum Gasteiger partial charge on any atom is -0.481 e. The van der Waals surface area contributed by atoms with Crippen molar-refractivity contribution >= 4 is 65.0 Å². The van der Waals surface area contributed by atoms with Gasteiger partial charge in [0.2, 0.25) is 5.69 Å². The van der Waals surface area contributed by atoms with Crippen molar-refractivity contribution in [1.29, 1.82) is 0 Å². The Hall–Kier alpha value is -3.76. The van der Waals surface area contributed by atoms with Gasteiger partial charge in [-0.1, -0.05) is 23.8 Å². The van der Waals surface area contributed by atoms with E-state index in [1.165, 1.54) is 30.3 Å². The number of carbonyl (C=O) groups is 1. The molecule has 0 aromatic heterocycles. The average Bonchev–Trinajstić information content (AvgIpc) is 3.54. The molecule has 0 amide bonds. The Morgan fingerprint density at radius 3 is 2.18 bits per heavy atom. The lowest BCUT2D eigenvalue weighted by Gasteiger charge is -2.30. The number of aliphatic carboxylic acids is 1. The predicted molar refractivity (Wildman–Crippen MR) is 229 cm³/mol. The minimum atomic E-state index is -4.61. The van der Waals surface area contributed by atoms with Crippen LogP contribution in [0.5, 0.6) is 0 Å². The third kappa shape index (κ3) is 11.1. The molecule has 2 aromatic carbocycles. The summed E-state index contributed by atoms with van der Waals surface area (Å²) in [5, 5.41) is 19.6. The Morgan fingerprint density at radius 1 is 0.885 bits per heavy atom. The Kier molecular flexibility index (Phi) is 15.3. The number of β-amino-alcohol motifs (C(OH)–C–C–N with tert-alkyl or cyclic N) is 1. The van der Waals surface area contributed by atoms with Crippen LogP contribution < -0.4 is 4.90 Å². The van der Waals surface area contributed by atoms with Crippen molar-refractivity contribution in [3.05, 3.63) is 93.7 Å². The molecule has 0 radical (unpaired) electrons. The van der Waals surface area contributed by atoms with Crippen LogP contribution in [0.4, 0.5) is 11.4 Å². The number of methoxy groups -OCH3 is 1. The van der Waals surface area contributed by atoms with Crippen molar-refractivity contribution in [2.45, 2.75) is 79.4 Å². The quantitative estimate of drug-likeness (QED) is 0.0621. The Balaban J connectivity index is 1.58. The lowest BCUT2D eigenvalue weighted by atomic mass is 9.75. The van der Waals surface area contributed by atoms with Crippen molar-refractivity contribution in [2.24, 2.45) is 0 Å². The van der Waals surface area contributed by atoms with Gasteiger partial charge in [0, 0.05) is 59.8 Å². The zero-order chi connectivity index (χ0) is 45.0. The molecule has 5 rings (SSSR count). The molecule has 2 aromatic rings. The molecule has 0 spiro atoms. The summed E-state index contributed by atoms with van der Waals surface area (Å²) in [7, 11) is -11.9. The van der Waals surface area contributed by atoms with Crippen LogP contribution in [-0.4, -0.2) is 118 Å². The fraction of sp³-hybridized carbons (Fsp3) is 0.463. The van der Waals surface area contributed by atoms with E-state index in [0.29, 0.717) is 65.5 Å². The van der Waals surface area contributed by atoms with Gasteiger partial charge in [0.25, 0.3) is 30.4 Å². The Morgan fingerprint density at radius 2 is 1.56 bits per heavy atom. The average molecular weight is 929 g/mol. The van der Waals surface area contributed by atoms with Gasteiger partial charge in [-0.25, -0.2) is 0 Å². The minimum absolute atomic E-state index is 0.00319. The van der Waals surface area contributed by atoms with Crippen molar-refractivity contribution in [3.8, 4) is 0 Å². The number of anilines is 1. The van der Waals surface area contributed by atoms with Gasteiger partial charge in [0.05, 0.1) is 40.6 Å². The number of benzene rings is 2. The van der Waals surface area contributed by atoms with E-state index >= 15 is 0 Å². The van der Waals surface area contributed by atoms with Crippen LogP contribution in [-0.2, 0) is 55.5 Å². The molecule has 61 heavy (non-hydrogen) atoms. The first kappa shape index (κ1) is 48.3. The first-order chi connectivity index (χ1) is 28.5. The number of ether oxygens (including phenoxy) is 2. The highest BCUT2D eigenvalue weighted by molar-refractivity contribution is 7.86. The summed E-state index contributed by atoms with van der Waals surface area (Å²) in [4.78, 5) is 12.4. The molecule has 0 saturated heterocycles. The van der Waals surface area contributed by atoms with Gasteiger partial charge in [-0.3, -0.25) is 18.5 Å². The number of fused-ring (bicyclic) bond motifs is 2. The maximum absolute atomic E-state index is 12.3. The molecular weight excluding hydrogens is 876 g/mol.